The van der Waals surface area contributed by atoms with E-state index in [1.807, 2.05) is 18.2 Å². The van der Waals surface area contributed by atoms with Crippen molar-refractivity contribution in [1.82, 2.24) is 4.98 Å². The van der Waals surface area contributed by atoms with E-state index in [4.69, 9.17) is 0 Å². The third-order valence-electron chi connectivity index (χ3n) is 3.14. The second-order valence-electron chi connectivity index (χ2n) is 4.93. The van der Waals surface area contributed by atoms with E-state index in [9.17, 15) is 0 Å². The van der Waals surface area contributed by atoms with E-state index in [1.165, 1.54) is 16.7 Å². The molecule has 2 nitrogen and oxygen atoms in total. The molecule has 0 aliphatic heterocycles. The number of aromatic nitrogens is 1. The lowest BCUT2D eigenvalue weighted by Crippen LogP contribution is -1.77. The summed E-state index contributed by atoms with van der Waals surface area (Å²) in [5.74, 6) is 0. The van der Waals surface area contributed by atoms with Crippen molar-refractivity contribution in [2.75, 3.05) is 7.05 Å². The minimum absolute atomic E-state index is 1.15. The van der Waals surface area contributed by atoms with E-state index in [0.29, 0.717) is 0 Å². The van der Waals surface area contributed by atoms with Crippen molar-refractivity contribution in [1.29, 1.82) is 0 Å². The van der Waals surface area contributed by atoms with Crippen LogP contribution in [0.15, 0.2) is 71.5 Å². The average Bonchev–Trinajstić information content (AvgIpc) is 2.58. The molecule has 1 heterocycles. The number of benzene rings is 1. The molecule has 2 rings (SSSR count). The van der Waals surface area contributed by atoms with Crippen LogP contribution in [0.3, 0.4) is 0 Å². The Morgan fingerprint density at radius 2 is 1.41 bits per heavy atom. The summed E-state index contributed by atoms with van der Waals surface area (Å²) in [6, 6.07) is 12.4. The lowest BCUT2D eigenvalue weighted by molar-refractivity contribution is 1.32. The van der Waals surface area contributed by atoms with Gasteiger partial charge in [-0.15, -0.1) is 0 Å². The van der Waals surface area contributed by atoms with E-state index in [0.717, 1.165) is 5.56 Å². The highest BCUT2D eigenvalue weighted by atomic mass is 14.6. The third kappa shape index (κ3) is 5.33. The highest BCUT2D eigenvalue weighted by Crippen LogP contribution is 2.11. The van der Waals surface area contributed by atoms with Gasteiger partial charge in [0.05, 0.1) is 0 Å². The number of hydrogen-bond donors (Lipinski definition) is 0. The molecule has 0 fully saturated rings. The zero-order chi connectivity index (χ0) is 15.6. The molecule has 0 saturated heterocycles. The van der Waals surface area contributed by atoms with Gasteiger partial charge in [-0.25, -0.2) is 0 Å². The van der Waals surface area contributed by atoms with Gasteiger partial charge in [-0.1, -0.05) is 48.6 Å². The normalized spacial score (nSPS) is 12.7. The monoisotopic (exact) mass is 288 g/mol. The predicted molar refractivity (Wildman–Crippen MR) is 96.8 cm³/mol. The fourth-order valence-corrected chi connectivity index (χ4v) is 1.86. The molecule has 0 aliphatic rings. The zero-order valence-electron chi connectivity index (χ0n) is 13.0. The first-order chi connectivity index (χ1) is 10.8. The predicted octanol–water partition coefficient (Wildman–Crippen LogP) is 4.91. The van der Waals surface area contributed by atoms with Crippen molar-refractivity contribution in [3.63, 3.8) is 0 Å². The van der Waals surface area contributed by atoms with Crippen molar-refractivity contribution in [3.05, 3.63) is 83.2 Å². The van der Waals surface area contributed by atoms with E-state index in [-0.39, 0.29) is 0 Å². The molecule has 1 aromatic heterocycles. The zero-order valence-corrected chi connectivity index (χ0v) is 13.0. The molecule has 0 amide bonds. The summed E-state index contributed by atoms with van der Waals surface area (Å²) in [6.45, 7) is 2.06. The quantitative estimate of drug-likeness (QED) is 0.566. The number of hydrogen-bond acceptors (Lipinski definition) is 2. The van der Waals surface area contributed by atoms with Crippen LogP contribution in [0.25, 0.3) is 18.2 Å². The van der Waals surface area contributed by atoms with Gasteiger partial charge in [0.1, 0.15) is 0 Å². The van der Waals surface area contributed by atoms with Gasteiger partial charge in [-0.2, -0.15) is 0 Å². The summed E-state index contributed by atoms with van der Waals surface area (Å²) < 4.78 is 0. The van der Waals surface area contributed by atoms with Crippen LogP contribution in [-0.2, 0) is 0 Å². The first kappa shape index (κ1) is 15.6. The fourth-order valence-electron chi connectivity index (χ4n) is 1.86. The molecule has 22 heavy (non-hydrogen) atoms. The largest absolute Gasteiger partial charge is 0.297 e. The molecule has 2 aromatic rings. The number of allylic oxidation sites excluding steroid dienone is 3. The third-order valence-corrected chi connectivity index (χ3v) is 3.14. The van der Waals surface area contributed by atoms with Crippen LogP contribution in [0, 0.1) is 0 Å². The maximum Gasteiger partial charge on any atom is 0.0277 e. The standard InChI is InChI=1S/C20H20N2/c1-17(11-14-21-2)3-4-18-5-7-19(8-6-18)9-10-20-12-15-22-16-13-20/h3-16H,1-2H3/b4-3+,10-9+,17-11+,21-14?. The minimum Gasteiger partial charge on any atom is -0.297 e. The van der Waals surface area contributed by atoms with Crippen LogP contribution < -0.4 is 0 Å². The fraction of sp³-hybridized carbons (Fsp3) is 0.100. The smallest absolute Gasteiger partial charge is 0.0277 e. The Bertz CT molecular complexity index is 690. The first-order valence-electron chi connectivity index (χ1n) is 7.23. The molecule has 0 bridgehead atoms. The van der Waals surface area contributed by atoms with Crippen molar-refractivity contribution >= 4 is 24.4 Å². The lowest BCUT2D eigenvalue weighted by Gasteiger charge is -1.97. The van der Waals surface area contributed by atoms with Crippen LogP contribution in [0.2, 0.25) is 0 Å². The van der Waals surface area contributed by atoms with Gasteiger partial charge in [-0.3, -0.25) is 9.98 Å². The van der Waals surface area contributed by atoms with Gasteiger partial charge < -0.3 is 0 Å². The summed E-state index contributed by atoms with van der Waals surface area (Å²) in [5.41, 5.74) is 4.69. The summed E-state index contributed by atoms with van der Waals surface area (Å²) in [6.07, 6.45) is 15.8. The summed E-state index contributed by atoms with van der Waals surface area (Å²) in [4.78, 5) is 7.95. The Balaban J connectivity index is 2.01. The van der Waals surface area contributed by atoms with Crippen molar-refractivity contribution in [2.24, 2.45) is 4.99 Å². The highest BCUT2D eigenvalue weighted by molar-refractivity contribution is 5.73. The van der Waals surface area contributed by atoms with E-state index < -0.39 is 0 Å². The van der Waals surface area contributed by atoms with Crippen LogP contribution in [0.4, 0.5) is 0 Å². The molecule has 110 valence electrons. The molecule has 0 aliphatic carbocycles. The molecule has 0 atom stereocenters. The van der Waals surface area contributed by atoms with Crippen molar-refractivity contribution < 1.29 is 0 Å². The molecule has 0 spiro atoms. The van der Waals surface area contributed by atoms with Crippen molar-refractivity contribution in [3.8, 4) is 0 Å². The number of nitrogens with zero attached hydrogens (tertiary/aromatic N) is 2. The topological polar surface area (TPSA) is 25.2 Å². The average molecular weight is 288 g/mol. The highest BCUT2D eigenvalue weighted by Gasteiger charge is 1.90. The SMILES string of the molecule is CN=C/C=C(C)/C=C/c1ccc(/C=C/c2ccncc2)cc1. The van der Waals surface area contributed by atoms with E-state index in [1.54, 1.807) is 25.7 Å². The molecule has 0 saturated carbocycles. The number of pyridine rings is 1. The summed E-state index contributed by atoms with van der Waals surface area (Å²) in [5, 5.41) is 0. The molecule has 0 unspecified atom stereocenters. The summed E-state index contributed by atoms with van der Waals surface area (Å²) in [7, 11) is 1.77. The Kier molecular flexibility index (Phi) is 6.06. The molecular weight excluding hydrogens is 268 g/mol. The van der Waals surface area contributed by atoms with Gasteiger partial charge >= 0.3 is 0 Å². The van der Waals surface area contributed by atoms with Crippen LogP contribution >= 0.6 is 0 Å². The van der Waals surface area contributed by atoms with Gasteiger partial charge in [0.15, 0.2) is 0 Å². The Labute approximate surface area is 132 Å². The van der Waals surface area contributed by atoms with Gasteiger partial charge in [-0.05, 0) is 47.4 Å². The molecule has 0 radical (unpaired) electrons. The maximum absolute atomic E-state index is 4.01. The number of rotatable bonds is 5. The van der Waals surface area contributed by atoms with E-state index >= 15 is 0 Å². The summed E-state index contributed by atoms with van der Waals surface area (Å²) >= 11 is 0. The molecule has 1 aromatic carbocycles. The lowest BCUT2D eigenvalue weighted by atomic mass is 10.1. The Morgan fingerprint density at radius 1 is 0.864 bits per heavy atom. The van der Waals surface area contributed by atoms with Gasteiger partial charge in [0.2, 0.25) is 0 Å². The maximum atomic E-state index is 4.01. The number of aliphatic imine (C=N–C) groups is 1. The Morgan fingerprint density at radius 3 is 2.00 bits per heavy atom. The molecular formula is C20H20N2. The molecule has 2 heteroatoms. The molecule has 0 N–H and O–H groups in total. The van der Waals surface area contributed by atoms with E-state index in [2.05, 4.69) is 65.5 Å². The van der Waals surface area contributed by atoms with Crippen molar-refractivity contribution in [2.45, 2.75) is 6.92 Å². The Hall–Kier alpha value is -2.74. The van der Waals surface area contributed by atoms with Crippen LogP contribution in [0.5, 0.6) is 0 Å². The first-order valence-corrected chi connectivity index (χ1v) is 7.23. The second-order valence-corrected chi connectivity index (χ2v) is 4.93. The minimum atomic E-state index is 1.15. The second kappa shape index (κ2) is 8.53. The van der Waals surface area contributed by atoms with Gasteiger partial charge in [0.25, 0.3) is 0 Å². The van der Waals surface area contributed by atoms with Crippen LogP contribution in [-0.4, -0.2) is 18.2 Å². The van der Waals surface area contributed by atoms with Gasteiger partial charge in [0, 0.05) is 25.7 Å². The van der Waals surface area contributed by atoms with Crippen LogP contribution in [0.1, 0.15) is 23.6 Å².